The van der Waals surface area contributed by atoms with E-state index in [-0.39, 0.29) is 41.5 Å². The van der Waals surface area contributed by atoms with E-state index in [1.165, 1.54) is 0 Å². The predicted octanol–water partition coefficient (Wildman–Crippen LogP) is 3.61. The maximum Gasteiger partial charge on any atom is 0.233 e. The maximum absolute atomic E-state index is 13.0. The second kappa shape index (κ2) is 7.71. The molecule has 3 saturated carbocycles. The molecule has 30 heavy (non-hydrogen) atoms. The molecule has 0 aromatic heterocycles. The molecule has 4 fully saturated rings. The molecule has 4 atom stereocenters. The minimum atomic E-state index is -0.0729. The van der Waals surface area contributed by atoms with Crippen LogP contribution in [-0.4, -0.2) is 35.3 Å². The van der Waals surface area contributed by atoms with Crippen LogP contribution in [0.1, 0.15) is 51.9 Å². The van der Waals surface area contributed by atoms with Crippen LogP contribution in [0.2, 0.25) is 0 Å². The van der Waals surface area contributed by atoms with Gasteiger partial charge in [0.1, 0.15) is 5.75 Å². The lowest BCUT2D eigenvalue weighted by atomic mass is 9.81. The zero-order valence-electron chi connectivity index (χ0n) is 17.5. The Morgan fingerprint density at radius 2 is 1.57 bits per heavy atom. The first-order valence-corrected chi connectivity index (χ1v) is 11.5. The van der Waals surface area contributed by atoms with E-state index in [0.29, 0.717) is 31.3 Å². The minimum absolute atomic E-state index is 0.0200. The predicted molar refractivity (Wildman–Crippen MR) is 112 cm³/mol. The highest BCUT2D eigenvalue weighted by Crippen LogP contribution is 2.56. The van der Waals surface area contributed by atoms with Gasteiger partial charge in [-0.05, 0) is 88.0 Å². The van der Waals surface area contributed by atoms with Gasteiger partial charge in [0.05, 0.1) is 18.4 Å². The van der Waals surface area contributed by atoms with E-state index < -0.39 is 0 Å². The van der Waals surface area contributed by atoms with Crippen molar-refractivity contribution in [1.82, 2.24) is 4.90 Å². The monoisotopic (exact) mass is 410 g/mol. The van der Waals surface area contributed by atoms with Crippen molar-refractivity contribution in [2.75, 3.05) is 11.9 Å². The number of nitrogens with zero attached hydrogens (tertiary/aromatic N) is 1. The van der Waals surface area contributed by atoms with Crippen LogP contribution in [0.5, 0.6) is 5.75 Å². The number of carbonyl (C=O) groups excluding carboxylic acids is 3. The zero-order chi connectivity index (χ0) is 20.8. The van der Waals surface area contributed by atoms with E-state index >= 15 is 0 Å². The van der Waals surface area contributed by atoms with Gasteiger partial charge >= 0.3 is 0 Å². The summed E-state index contributed by atoms with van der Waals surface area (Å²) in [4.78, 5) is 40.4. The first-order valence-electron chi connectivity index (χ1n) is 11.5. The molecule has 5 rings (SSSR count). The Kier molecular flexibility index (Phi) is 5.03. The average molecular weight is 411 g/mol. The molecular weight excluding hydrogens is 380 g/mol. The number of likely N-dealkylation sites (tertiary alicyclic amines) is 1. The lowest BCUT2D eigenvalue weighted by Crippen LogP contribution is -2.44. The second-order valence-electron chi connectivity index (χ2n) is 9.38. The minimum Gasteiger partial charge on any atom is -0.494 e. The van der Waals surface area contributed by atoms with E-state index in [0.717, 1.165) is 43.5 Å². The standard InChI is InChI=1S/C24H30N2O4/c1-2-30-19-11-7-17(8-12-19)25-22(27)14-5-9-18(10-6-14)26-23(28)20-15-3-4-16(13-15)21(20)24(26)29/h7-8,11-12,14-16,18,20-21H,2-6,9-10,13H2,1H3,(H,25,27)/t14?,15-,16+,18?,20-,21-/m0/s1. The maximum atomic E-state index is 13.0. The first kappa shape index (κ1) is 19.6. The summed E-state index contributed by atoms with van der Waals surface area (Å²) >= 11 is 0. The SMILES string of the molecule is CCOc1ccc(NC(=O)C2CCC(N3C(=O)[C@H]4[C@@H]5CC[C@@H](C5)[C@@H]4C3=O)CC2)cc1. The highest BCUT2D eigenvalue weighted by Gasteiger charge is 2.61. The van der Waals surface area contributed by atoms with Gasteiger partial charge in [-0.25, -0.2) is 0 Å². The molecule has 1 aliphatic heterocycles. The number of rotatable bonds is 5. The number of nitrogens with one attached hydrogen (secondary N) is 1. The summed E-state index contributed by atoms with van der Waals surface area (Å²) in [6.45, 7) is 2.55. The number of ether oxygens (including phenoxy) is 1. The van der Waals surface area contributed by atoms with Crippen LogP contribution < -0.4 is 10.1 Å². The van der Waals surface area contributed by atoms with Crippen LogP contribution in [0, 0.1) is 29.6 Å². The molecule has 0 unspecified atom stereocenters. The summed E-state index contributed by atoms with van der Waals surface area (Å²) in [5.41, 5.74) is 0.763. The lowest BCUT2D eigenvalue weighted by Gasteiger charge is -2.33. The van der Waals surface area contributed by atoms with Crippen molar-refractivity contribution in [3.8, 4) is 5.75 Å². The molecule has 0 radical (unpaired) electrons. The molecule has 3 amide bonds. The number of benzene rings is 1. The number of amides is 3. The van der Waals surface area contributed by atoms with Crippen LogP contribution in [0.25, 0.3) is 0 Å². The van der Waals surface area contributed by atoms with Gasteiger partial charge in [0.2, 0.25) is 17.7 Å². The molecule has 1 aromatic carbocycles. The summed E-state index contributed by atoms with van der Waals surface area (Å²) in [6.07, 6.45) is 6.17. The summed E-state index contributed by atoms with van der Waals surface area (Å²) in [6, 6.07) is 7.38. The molecular formula is C24H30N2O4. The van der Waals surface area contributed by atoms with E-state index in [1.54, 1.807) is 4.90 Å². The van der Waals surface area contributed by atoms with E-state index in [2.05, 4.69) is 5.32 Å². The number of imide groups is 1. The second-order valence-corrected chi connectivity index (χ2v) is 9.38. The molecule has 2 bridgehead atoms. The largest absolute Gasteiger partial charge is 0.494 e. The van der Waals surface area contributed by atoms with Gasteiger partial charge in [-0.15, -0.1) is 0 Å². The fourth-order valence-electron chi connectivity index (χ4n) is 6.43. The Bertz CT molecular complexity index is 815. The molecule has 1 heterocycles. The fourth-order valence-corrected chi connectivity index (χ4v) is 6.43. The van der Waals surface area contributed by atoms with Gasteiger partial charge < -0.3 is 10.1 Å². The third kappa shape index (κ3) is 3.21. The molecule has 3 aliphatic carbocycles. The van der Waals surface area contributed by atoms with E-state index in [1.807, 2.05) is 31.2 Å². The fraction of sp³-hybridized carbons (Fsp3) is 0.625. The van der Waals surface area contributed by atoms with Gasteiger partial charge in [0.15, 0.2) is 0 Å². The van der Waals surface area contributed by atoms with Crippen molar-refractivity contribution in [2.45, 2.75) is 57.9 Å². The summed E-state index contributed by atoms with van der Waals surface area (Å²) in [7, 11) is 0. The van der Waals surface area contributed by atoms with Crippen molar-refractivity contribution in [3.05, 3.63) is 24.3 Å². The summed E-state index contributed by atoms with van der Waals surface area (Å²) in [5, 5.41) is 2.99. The van der Waals surface area contributed by atoms with Crippen molar-refractivity contribution in [3.63, 3.8) is 0 Å². The van der Waals surface area contributed by atoms with Gasteiger partial charge in [-0.1, -0.05) is 0 Å². The number of hydrogen-bond donors (Lipinski definition) is 1. The molecule has 1 N–H and O–H groups in total. The average Bonchev–Trinajstić information content (AvgIpc) is 3.44. The molecule has 1 saturated heterocycles. The topological polar surface area (TPSA) is 75.7 Å². The van der Waals surface area contributed by atoms with Gasteiger partial charge in [0, 0.05) is 17.6 Å². The van der Waals surface area contributed by atoms with Crippen LogP contribution in [0.15, 0.2) is 24.3 Å². The Morgan fingerprint density at radius 3 is 2.13 bits per heavy atom. The molecule has 0 spiro atoms. The zero-order valence-corrected chi connectivity index (χ0v) is 17.5. The van der Waals surface area contributed by atoms with Gasteiger partial charge in [-0.3, -0.25) is 19.3 Å². The molecule has 160 valence electrons. The van der Waals surface area contributed by atoms with Crippen molar-refractivity contribution >= 4 is 23.4 Å². The number of hydrogen-bond acceptors (Lipinski definition) is 4. The highest BCUT2D eigenvalue weighted by molar-refractivity contribution is 6.06. The van der Waals surface area contributed by atoms with E-state index in [9.17, 15) is 14.4 Å². The van der Waals surface area contributed by atoms with Gasteiger partial charge in [-0.2, -0.15) is 0 Å². The first-order chi connectivity index (χ1) is 14.6. The quantitative estimate of drug-likeness (QED) is 0.753. The highest BCUT2D eigenvalue weighted by atomic mass is 16.5. The van der Waals surface area contributed by atoms with E-state index in [4.69, 9.17) is 4.74 Å². The molecule has 6 nitrogen and oxygen atoms in total. The lowest BCUT2D eigenvalue weighted by molar-refractivity contribution is -0.144. The number of fused-ring (bicyclic) bond motifs is 5. The van der Waals surface area contributed by atoms with Crippen molar-refractivity contribution in [1.29, 1.82) is 0 Å². The Morgan fingerprint density at radius 1 is 0.967 bits per heavy atom. The summed E-state index contributed by atoms with van der Waals surface area (Å²) < 4.78 is 5.43. The van der Waals surface area contributed by atoms with Crippen LogP contribution in [0.3, 0.4) is 0 Å². The molecule has 6 heteroatoms. The normalized spacial score (nSPS) is 34.9. The Hall–Kier alpha value is -2.37. The molecule has 1 aromatic rings. The Balaban J connectivity index is 1.17. The smallest absolute Gasteiger partial charge is 0.233 e. The third-order valence-electron chi connectivity index (χ3n) is 7.83. The summed E-state index contributed by atoms with van der Waals surface area (Å²) in [5.74, 6) is 1.67. The van der Waals surface area contributed by atoms with Crippen molar-refractivity contribution < 1.29 is 19.1 Å². The number of carbonyl (C=O) groups is 3. The number of anilines is 1. The van der Waals surface area contributed by atoms with Crippen molar-refractivity contribution in [2.24, 2.45) is 29.6 Å². The third-order valence-corrected chi connectivity index (χ3v) is 7.83. The van der Waals surface area contributed by atoms with Gasteiger partial charge in [0.25, 0.3) is 0 Å². The van der Waals surface area contributed by atoms with Crippen LogP contribution in [0.4, 0.5) is 5.69 Å². The molecule has 4 aliphatic rings. The van der Waals surface area contributed by atoms with Crippen LogP contribution in [-0.2, 0) is 14.4 Å². The Labute approximate surface area is 177 Å². The van der Waals surface area contributed by atoms with Crippen LogP contribution >= 0.6 is 0 Å².